The van der Waals surface area contributed by atoms with E-state index in [0.29, 0.717) is 17.9 Å². The number of rotatable bonds is 7. The van der Waals surface area contributed by atoms with Gasteiger partial charge in [0, 0.05) is 17.7 Å². The summed E-state index contributed by atoms with van der Waals surface area (Å²) < 4.78 is 5.54. The number of benzene rings is 1. The van der Waals surface area contributed by atoms with Gasteiger partial charge in [0.25, 0.3) is 5.69 Å². The van der Waals surface area contributed by atoms with Crippen molar-refractivity contribution in [2.24, 2.45) is 0 Å². The molecule has 0 aliphatic rings. The van der Waals surface area contributed by atoms with Gasteiger partial charge in [0.15, 0.2) is 0 Å². The van der Waals surface area contributed by atoms with Crippen LogP contribution in [0, 0.1) is 10.1 Å². The van der Waals surface area contributed by atoms with Gasteiger partial charge in [0.1, 0.15) is 5.75 Å². The lowest BCUT2D eigenvalue weighted by atomic mass is 10.2. The second-order valence-corrected chi connectivity index (χ2v) is 4.63. The van der Waals surface area contributed by atoms with Crippen LogP contribution in [0.5, 0.6) is 5.75 Å². The van der Waals surface area contributed by atoms with Crippen LogP contribution >= 0.6 is 23.4 Å². The second-order valence-electron chi connectivity index (χ2n) is 3.38. The zero-order valence-corrected chi connectivity index (χ0v) is 11.1. The molecule has 0 aliphatic carbocycles. The minimum Gasteiger partial charge on any atom is -0.493 e. The number of alkyl halides is 1. The number of halogens is 1. The predicted octanol–water partition coefficient (Wildman–Crippen LogP) is 3.47. The summed E-state index contributed by atoms with van der Waals surface area (Å²) in [5, 5.41) is 10.6. The van der Waals surface area contributed by atoms with Gasteiger partial charge in [-0.1, -0.05) is 0 Å². The van der Waals surface area contributed by atoms with Crippen molar-refractivity contribution in [3.63, 3.8) is 0 Å². The fourth-order valence-corrected chi connectivity index (χ4v) is 1.93. The minimum absolute atomic E-state index is 0.0390. The number of ether oxygens (including phenoxy) is 1. The first-order chi connectivity index (χ1) is 8.19. The molecule has 0 aliphatic heterocycles. The van der Waals surface area contributed by atoms with Crippen LogP contribution in [-0.2, 0) is 5.88 Å². The van der Waals surface area contributed by atoms with E-state index in [9.17, 15) is 10.1 Å². The Morgan fingerprint density at radius 2 is 2.29 bits per heavy atom. The summed E-state index contributed by atoms with van der Waals surface area (Å²) in [4.78, 5) is 10.2. The Kier molecular flexibility index (Phi) is 6.15. The summed E-state index contributed by atoms with van der Waals surface area (Å²) >= 11 is 7.50. The highest BCUT2D eigenvalue weighted by Crippen LogP contribution is 2.25. The smallest absolute Gasteiger partial charge is 0.270 e. The van der Waals surface area contributed by atoms with Crippen LogP contribution in [0.15, 0.2) is 18.2 Å². The summed E-state index contributed by atoms with van der Waals surface area (Å²) in [6.45, 7) is 0.600. The van der Waals surface area contributed by atoms with Crippen LogP contribution in [-0.4, -0.2) is 23.5 Å². The quantitative estimate of drug-likeness (QED) is 0.331. The van der Waals surface area contributed by atoms with Gasteiger partial charge in [-0.05, 0) is 24.5 Å². The number of nitro benzene ring substituents is 1. The van der Waals surface area contributed by atoms with Gasteiger partial charge in [-0.3, -0.25) is 10.1 Å². The van der Waals surface area contributed by atoms with Crippen LogP contribution < -0.4 is 4.74 Å². The van der Waals surface area contributed by atoms with E-state index >= 15 is 0 Å². The number of nitro groups is 1. The van der Waals surface area contributed by atoms with Crippen LogP contribution in [0.1, 0.15) is 12.0 Å². The van der Waals surface area contributed by atoms with Gasteiger partial charge in [-0.25, -0.2) is 0 Å². The Morgan fingerprint density at radius 1 is 1.53 bits per heavy atom. The Morgan fingerprint density at radius 3 is 2.88 bits per heavy atom. The van der Waals surface area contributed by atoms with Gasteiger partial charge in [-0.2, -0.15) is 11.8 Å². The first-order valence-electron chi connectivity index (χ1n) is 5.14. The third-order valence-corrected chi connectivity index (χ3v) is 3.13. The molecule has 0 bridgehead atoms. The van der Waals surface area contributed by atoms with Gasteiger partial charge >= 0.3 is 0 Å². The van der Waals surface area contributed by atoms with Crippen molar-refractivity contribution in [1.82, 2.24) is 0 Å². The van der Waals surface area contributed by atoms with Crippen LogP contribution in [0.4, 0.5) is 5.69 Å². The summed E-state index contributed by atoms with van der Waals surface area (Å²) in [6, 6.07) is 4.49. The lowest BCUT2D eigenvalue weighted by molar-refractivity contribution is -0.384. The normalized spacial score (nSPS) is 10.2. The fraction of sp³-hybridized carbons (Fsp3) is 0.455. The lowest BCUT2D eigenvalue weighted by Crippen LogP contribution is -2.01. The maximum atomic E-state index is 10.6. The van der Waals surface area contributed by atoms with Crippen molar-refractivity contribution in [3.8, 4) is 5.75 Å². The van der Waals surface area contributed by atoms with E-state index in [0.717, 1.165) is 12.2 Å². The molecule has 4 nitrogen and oxygen atoms in total. The maximum Gasteiger partial charge on any atom is 0.270 e. The molecule has 0 radical (unpaired) electrons. The SMILES string of the molecule is CSCCCOc1ccc([N+](=O)[O-])cc1CCl. The largest absolute Gasteiger partial charge is 0.493 e. The fourth-order valence-electron chi connectivity index (χ4n) is 1.31. The summed E-state index contributed by atoms with van der Waals surface area (Å²) in [5.74, 6) is 1.87. The molecule has 0 atom stereocenters. The van der Waals surface area contributed by atoms with Crippen LogP contribution in [0.3, 0.4) is 0 Å². The van der Waals surface area contributed by atoms with Crippen molar-refractivity contribution < 1.29 is 9.66 Å². The first kappa shape index (κ1) is 14.1. The maximum absolute atomic E-state index is 10.6. The molecule has 0 saturated carbocycles. The van der Waals surface area contributed by atoms with Crippen LogP contribution in [0.25, 0.3) is 0 Å². The Bertz CT molecular complexity index is 387. The predicted molar refractivity (Wildman–Crippen MR) is 71.1 cm³/mol. The van der Waals surface area contributed by atoms with Crippen molar-refractivity contribution in [2.75, 3.05) is 18.6 Å². The molecule has 1 aromatic carbocycles. The average molecular weight is 276 g/mol. The standard InChI is InChI=1S/C11H14ClNO3S/c1-17-6-2-5-16-11-4-3-10(13(14)15)7-9(11)8-12/h3-4,7H,2,5-6,8H2,1H3. The number of thioether (sulfide) groups is 1. The third kappa shape index (κ3) is 4.44. The highest BCUT2D eigenvalue weighted by atomic mass is 35.5. The van der Waals surface area contributed by atoms with Crippen molar-refractivity contribution in [3.05, 3.63) is 33.9 Å². The minimum atomic E-state index is -0.437. The van der Waals surface area contributed by atoms with Crippen molar-refractivity contribution in [1.29, 1.82) is 0 Å². The molecular formula is C11H14ClNO3S. The molecule has 6 heteroatoms. The molecule has 0 N–H and O–H groups in total. The topological polar surface area (TPSA) is 52.4 Å². The molecule has 1 rings (SSSR count). The Balaban J connectivity index is 2.68. The third-order valence-electron chi connectivity index (χ3n) is 2.15. The van der Waals surface area contributed by atoms with Crippen molar-refractivity contribution >= 4 is 29.1 Å². The molecule has 0 spiro atoms. The molecule has 0 saturated heterocycles. The zero-order valence-electron chi connectivity index (χ0n) is 9.52. The molecular weight excluding hydrogens is 262 g/mol. The highest BCUT2D eigenvalue weighted by Gasteiger charge is 2.10. The lowest BCUT2D eigenvalue weighted by Gasteiger charge is -2.09. The van der Waals surface area contributed by atoms with E-state index in [1.807, 2.05) is 6.26 Å². The molecule has 0 fully saturated rings. The summed E-state index contributed by atoms with van der Waals surface area (Å²) in [7, 11) is 0. The summed E-state index contributed by atoms with van der Waals surface area (Å²) in [6.07, 6.45) is 2.98. The first-order valence-corrected chi connectivity index (χ1v) is 7.07. The second kappa shape index (κ2) is 7.40. The van der Waals surface area contributed by atoms with Gasteiger partial charge < -0.3 is 4.74 Å². The van der Waals surface area contributed by atoms with Gasteiger partial charge in [0.2, 0.25) is 0 Å². The van der Waals surface area contributed by atoms with Crippen LogP contribution in [0.2, 0.25) is 0 Å². The van der Waals surface area contributed by atoms with E-state index in [4.69, 9.17) is 16.3 Å². The number of nitrogens with zero attached hydrogens (tertiary/aromatic N) is 1. The Labute approximate surface area is 109 Å². The highest BCUT2D eigenvalue weighted by molar-refractivity contribution is 7.98. The molecule has 0 aromatic heterocycles. The van der Waals surface area contributed by atoms with E-state index in [2.05, 4.69) is 0 Å². The molecule has 94 valence electrons. The number of hydrogen-bond donors (Lipinski definition) is 0. The van der Waals surface area contributed by atoms with E-state index in [-0.39, 0.29) is 11.6 Å². The Hall–Kier alpha value is -0.940. The van der Waals surface area contributed by atoms with E-state index in [1.165, 1.54) is 12.1 Å². The molecule has 0 amide bonds. The van der Waals surface area contributed by atoms with Crippen molar-refractivity contribution in [2.45, 2.75) is 12.3 Å². The summed E-state index contributed by atoms with van der Waals surface area (Å²) in [5.41, 5.74) is 0.696. The molecule has 0 heterocycles. The number of non-ortho nitro benzene ring substituents is 1. The van der Waals surface area contributed by atoms with Gasteiger partial charge in [0.05, 0.1) is 17.4 Å². The molecule has 1 aromatic rings. The van der Waals surface area contributed by atoms with Gasteiger partial charge in [-0.15, -0.1) is 11.6 Å². The monoisotopic (exact) mass is 275 g/mol. The zero-order chi connectivity index (χ0) is 12.7. The number of hydrogen-bond acceptors (Lipinski definition) is 4. The molecule has 17 heavy (non-hydrogen) atoms. The van der Waals surface area contributed by atoms with E-state index in [1.54, 1.807) is 17.8 Å². The van der Waals surface area contributed by atoms with E-state index < -0.39 is 4.92 Å². The average Bonchev–Trinajstić information content (AvgIpc) is 2.34. The molecule has 0 unspecified atom stereocenters.